The second kappa shape index (κ2) is 3.97. The maximum absolute atomic E-state index is 9.19. The van der Waals surface area contributed by atoms with Crippen molar-refractivity contribution in [1.82, 2.24) is 0 Å². The van der Waals surface area contributed by atoms with Gasteiger partial charge in [-0.1, -0.05) is 0 Å². The molecule has 7 nitrogen and oxygen atoms in total. The standard InChI is InChI=1S/CH4O3S.Cr.2H2O.2O/c1-5(2,3)4;;;;;/h1H3,(H,2,3,4);;2*1H2;;/q;+2;;;;/p-2. The zero-order valence-electron chi connectivity index (χ0n) is 4.79. The minimum absolute atomic E-state index is 0.715. The summed E-state index contributed by atoms with van der Waals surface area (Å²) in [7, 11) is -3.67. The Morgan fingerprint density at radius 3 is 1.20 bits per heavy atom. The molecule has 0 aromatic carbocycles. The van der Waals surface area contributed by atoms with E-state index in [0.717, 1.165) is 0 Å². The van der Waals surface area contributed by atoms with Crippen molar-refractivity contribution >= 4 is 10.1 Å². The molecule has 0 saturated heterocycles. The Balaban J connectivity index is 0. The number of rotatable bonds is 0. The van der Waals surface area contributed by atoms with E-state index in [4.69, 9.17) is 20.5 Å². The van der Waals surface area contributed by atoms with Crippen molar-refractivity contribution in [3.63, 3.8) is 0 Å². The molecule has 0 radical (unpaired) electrons. The molecule has 0 aliphatic heterocycles. The summed E-state index contributed by atoms with van der Waals surface area (Å²) in [6.45, 7) is 0. The third-order valence-corrected chi connectivity index (χ3v) is 0. The SMILES string of the molecule is CS(=O)(=O)O.[O]=[Cr](=[O])([OH])[OH]. The van der Waals surface area contributed by atoms with Crippen LogP contribution < -0.4 is 0 Å². The molecule has 3 N–H and O–H groups in total. The first-order valence-corrected chi connectivity index (χ1v) is 5.65. The van der Waals surface area contributed by atoms with Crippen molar-refractivity contribution in [3.05, 3.63) is 0 Å². The van der Waals surface area contributed by atoms with Crippen LogP contribution in [0.25, 0.3) is 0 Å². The summed E-state index contributed by atoms with van der Waals surface area (Å²) in [5, 5.41) is 0. The van der Waals surface area contributed by atoms with Gasteiger partial charge in [0.25, 0.3) is 10.1 Å². The zero-order chi connectivity index (χ0) is 9.00. The monoisotopic (exact) mass is 214 g/mol. The van der Waals surface area contributed by atoms with Crippen LogP contribution in [-0.4, -0.2) is 27.5 Å². The molecule has 10 heavy (non-hydrogen) atoms. The van der Waals surface area contributed by atoms with Gasteiger partial charge in [0.15, 0.2) is 0 Å². The summed E-state index contributed by atoms with van der Waals surface area (Å²) in [5.41, 5.74) is 0. The van der Waals surface area contributed by atoms with Crippen LogP contribution in [0.4, 0.5) is 0 Å². The van der Waals surface area contributed by atoms with Crippen molar-refractivity contribution in [2.45, 2.75) is 0 Å². The summed E-state index contributed by atoms with van der Waals surface area (Å²) < 4.78 is 57.7. The van der Waals surface area contributed by atoms with Gasteiger partial charge in [-0.2, -0.15) is 8.42 Å². The molecule has 0 saturated carbocycles. The van der Waals surface area contributed by atoms with Gasteiger partial charge in [-0.15, -0.1) is 0 Å². The Bertz CT molecular complexity index is 210. The molecule has 0 atom stereocenters. The van der Waals surface area contributed by atoms with Crippen LogP contribution in [0.2, 0.25) is 0 Å². The van der Waals surface area contributed by atoms with E-state index in [-0.39, 0.29) is 0 Å². The van der Waals surface area contributed by atoms with Crippen LogP contribution in [0, 0.1) is 0 Å². The number of hydrogen-bond donors (Lipinski definition) is 3. The molecule has 0 unspecified atom stereocenters. The first-order chi connectivity index (χ1) is 4.00. The summed E-state index contributed by atoms with van der Waals surface area (Å²) in [5.74, 6) is 0. The van der Waals surface area contributed by atoms with Gasteiger partial charge >= 0.3 is 29.5 Å². The Hall–Kier alpha value is -0.0375. The van der Waals surface area contributed by atoms with Gasteiger partial charge in [0.2, 0.25) is 0 Å². The second-order valence-corrected chi connectivity index (χ2v) is 4.05. The van der Waals surface area contributed by atoms with E-state index in [9.17, 15) is 8.42 Å². The Morgan fingerprint density at radius 1 is 1.20 bits per heavy atom. The molecule has 64 valence electrons. The summed E-state index contributed by atoms with van der Waals surface area (Å²) >= 11 is -5.25. The van der Waals surface area contributed by atoms with Crippen LogP contribution in [0.15, 0.2) is 0 Å². The maximum atomic E-state index is 9.19. The molecular formula is CH6CrO7S. The third-order valence-electron chi connectivity index (χ3n) is 0. The van der Waals surface area contributed by atoms with Gasteiger partial charge < -0.3 is 0 Å². The van der Waals surface area contributed by atoms with Gasteiger partial charge in [0, 0.05) is 0 Å². The fourth-order valence-electron chi connectivity index (χ4n) is 0. The van der Waals surface area contributed by atoms with E-state index >= 15 is 0 Å². The molecule has 0 bridgehead atoms. The fourth-order valence-corrected chi connectivity index (χ4v) is 0. The van der Waals surface area contributed by atoms with E-state index in [1.54, 1.807) is 0 Å². The van der Waals surface area contributed by atoms with Crippen LogP contribution >= 0.6 is 0 Å². The van der Waals surface area contributed by atoms with Crippen LogP contribution in [0.1, 0.15) is 0 Å². The molecule has 0 amide bonds. The predicted octanol–water partition coefficient (Wildman–Crippen LogP) is -1.85. The third kappa shape index (κ3) is 274000. The zero-order valence-corrected chi connectivity index (χ0v) is 6.88. The van der Waals surface area contributed by atoms with E-state index in [0.29, 0.717) is 6.26 Å². The van der Waals surface area contributed by atoms with Crippen molar-refractivity contribution in [3.8, 4) is 0 Å². The molecule has 0 spiro atoms. The van der Waals surface area contributed by atoms with Gasteiger partial charge in [-0.3, -0.25) is 4.55 Å². The molecule has 0 aliphatic carbocycles. The first kappa shape index (κ1) is 12.6. The second-order valence-electron chi connectivity index (χ2n) is 1.18. The van der Waals surface area contributed by atoms with Crippen molar-refractivity contribution < 1.29 is 42.5 Å². The van der Waals surface area contributed by atoms with Gasteiger partial charge in [0.1, 0.15) is 0 Å². The summed E-state index contributed by atoms with van der Waals surface area (Å²) in [4.78, 5) is 0. The van der Waals surface area contributed by atoms with Crippen LogP contribution in [0.3, 0.4) is 0 Å². The van der Waals surface area contributed by atoms with Crippen molar-refractivity contribution in [2.75, 3.05) is 6.26 Å². The average Bonchev–Trinajstić information content (AvgIpc) is 1.12. The fraction of sp³-hybridized carbons (Fsp3) is 1.00. The Kier molecular flexibility index (Phi) is 5.01. The van der Waals surface area contributed by atoms with Crippen LogP contribution in [-0.2, 0) is 31.3 Å². The molecule has 9 heteroatoms. The molecule has 0 aromatic rings. The normalized spacial score (nSPS) is 11.6. The van der Waals surface area contributed by atoms with E-state index in [1.807, 2.05) is 0 Å². The Labute approximate surface area is 59.4 Å². The van der Waals surface area contributed by atoms with Gasteiger partial charge in [0.05, 0.1) is 6.26 Å². The quantitative estimate of drug-likeness (QED) is 0.403. The van der Waals surface area contributed by atoms with E-state index in [1.165, 1.54) is 0 Å². The summed E-state index contributed by atoms with van der Waals surface area (Å²) in [6.07, 6.45) is 0.715. The predicted molar refractivity (Wildman–Crippen MR) is 23.3 cm³/mol. The molecule has 0 fully saturated rings. The number of hydrogen-bond acceptors (Lipinski definition) is 4. The molecule has 0 aliphatic rings. The summed E-state index contributed by atoms with van der Waals surface area (Å²) in [6, 6.07) is 0. The molecule has 0 rings (SSSR count). The van der Waals surface area contributed by atoms with Gasteiger partial charge in [-0.25, -0.2) is 0 Å². The average molecular weight is 214 g/mol. The topological polar surface area (TPSA) is 129 Å². The van der Waals surface area contributed by atoms with Crippen LogP contribution in [0.5, 0.6) is 0 Å². The Morgan fingerprint density at radius 2 is 1.20 bits per heavy atom. The van der Waals surface area contributed by atoms with E-state index < -0.39 is 23.7 Å². The molecular weight excluding hydrogens is 208 g/mol. The molecule has 0 heterocycles. The van der Waals surface area contributed by atoms with Crippen molar-refractivity contribution in [2.24, 2.45) is 0 Å². The minimum atomic E-state index is -5.25. The first-order valence-electron chi connectivity index (χ1n) is 1.62. The van der Waals surface area contributed by atoms with Crippen molar-refractivity contribution in [1.29, 1.82) is 0 Å². The van der Waals surface area contributed by atoms with Gasteiger partial charge in [-0.05, 0) is 0 Å². The van der Waals surface area contributed by atoms with E-state index in [2.05, 4.69) is 0 Å². The molecule has 0 aromatic heterocycles.